The lowest BCUT2D eigenvalue weighted by atomic mass is 10.0. The van der Waals surface area contributed by atoms with Crippen LogP contribution in [0.25, 0.3) is 16.8 Å². The third kappa shape index (κ3) is 3.27. The molecule has 0 bridgehead atoms. The highest BCUT2D eigenvalue weighted by Crippen LogP contribution is 2.21. The zero-order valence-corrected chi connectivity index (χ0v) is 14.5. The maximum Gasteiger partial charge on any atom is 0.196 e. The number of nitrogens with zero attached hydrogens (tertiary/aromatic N) is 3. The molecule has 126 valence electrons. The van der Waals surface area contributed by atoms with E-state index in [1.807, 2.05) is 42.5 Å². The van der Waals surface area contributed by atoms with Crippen molar-refractivity contribution in [2.45, 2.75) is 0 Å². The van der Waals surface area contributed by atoms with Crippen LogP contribution in [0.4, 0.5) is 0 Å². The number of pyridine rings is 1. The van der Waals surface area contributed by atoms with E-state index in [4.69, 9.17) is 11.6 Å². The summed E-state index contributed by atoms with van der Waals surface area (Å²) < 4.78 is 1.64. The zero-order valence-electron chi connectivity index (χ0n) is 13.7. The highest BCUT2D eigenvalue weighted by molar-refractivity contribution is 6.30. The molecular weight excluding hydrogens is 346 g/mol. The van der Waals surface area contributed by atoms with Crippen LogP contribution in [0.3, 0.4) is 0 Å². The summed E-state index contributed by atoms with van der Waals surface area (Å²) in [5.41, 5.74) is 3.86. The lowest BCUT2D eigenvalue weighted by molar-refractivity contribution is 0.103. The van der Waals surface area contributed by atoms with Gasteiger partial charge in [-0.1, -0.05) is 41.9 Å². The van der Waals surface area contributed by atoms with Crippen molar-refractivity contribution in [1.29, 1.82) is 0 Å². The number of aromatic nitrogens is 3. The molecule has 4 aromatic rings. The van der Waals surface area contributed by atoms with Crippen LogP contribution in [0.15, 0.2) is 85.5 Å². The molecule has 2 aromatic carbocycles. The summed E-state index contributed by atoms with van der Waals surface area (Å²) in [7, 11) is 0. The number of rotatable bonds is 4. The third-order valence-corrected chi connectivity index (χ3v) is 4.27. The normalized spacial score (nSPS) is 10.7. The van der Waals surface area contributed by atoms with Crippen LogP contribution < -0.4 is 0 Å². The summed E-state index contributed by atoms with van der Waals surface area (Å²) in [5, 5.41) is 4.90. The molecule has 0 unspecified atom stereocenters. The molecule has 5 heteroatoms. The van der Waals surface area contributed by atoms with E-state index in [0.29, 0.717) is 16.1 Å². The lowest BCUT2D eigenvalue weighted by Gasteiger charge is -2.04. The van der Waals surface area contributed by atoms with Crippen molar-refractivity contribution in [3.63, 3.8) is 0 Å². The first-order chi connectivity index (χ1) is 12.7. The van der Waals surface area contributed by atoms with Crippen molar-refractivity contribution in [3.8, 4) is 16.8 Å². The Morgan fingerprint density at radius 3 is 2.54 bits per heavy atom. The Kier molecular flexibility index (Phi) is 4.33. The Morgan fingerprint density at radius 1 is 0.885 bits per heavy atom. The summed E-state index contributed by atoms with van der Waals surface area (Å²) in [6.07, 6.45) is 6.79. The number of hydrogen-bond donors (Lipinski definition) is 0. The lowest BCUT2D eigenvalue weighted by Crippen LogP contribution is -2.00. The fraction of sp³-hybridized carbons (Fsp3) is 0. The molecule has 4 nitrogen and oxygen atoms in total. The second-order valence-electron chi connectivity index (χ2n) is 5.81. The molecule has 0 amide bonds. The Balaban J connectivity index is 1.65. The standard InChI is InChI=1S/C21H14ClN3O/c22-19-7-2-8-20(11-19)25-14-18(13-24-25)21(26)16-5-1-4-15(10-16)17-6-3-9-23-12-17/h1-14H. The van der Waals surface area contributed by atoms with E-state index in [1.165, 1.54) is 0 Å². The molecule has 0 aliphatic rings. The first-order valence-electron chi connectivity index (χ1n) is 8.06. The molecule has 0 aliphatic heterocycles. The van der Waals surface area contributed by atoms with Crippen molar-refractivity contribution in [1.82, 2.24) is 14.8 Å². The molecule has 0 saturated carbocycles. The Hall–Kier alpha value is -3.24. The van der Waals surface area contributed by atoms with E-state index in [1.54, 1.807) is 47.7 Å². The number of carbonyl (C=O) groups excluding carboxylic acids is 1. The summed E-state index contributed by atoms with van der Waals surface area (Å²) >= 11 is 6.02. The predicted molar refractivity (Wildman–Crippen MR) is 102 cm³/mol. The quantitative estimate of drug-likeness (QED) is 0.491. The van der Waals surface area contributed by atoms with Gasteiger partial charge in [0.1, 0.15) is 0 Å². The van der Waals surface area contributed by atoms with Gasteiger partial charge in [0, 0.05) is 34.7 Å². The molecule has 0 aliphatic carbocycles. The van der Waals surface area contributed by atoms with Gasteiger partial charge in [0.2, 0.25) is 0 Å². The van der Waals surface area contributed by atoms with Gasteiger partial charge in [0.05, 0.1) is 17.4 Å². The van der Waals surface area contributed by atoms with Crippen molar-refractivity contribution < 1.29 is 4.79 Å². The van der Waals surface area contributed by atoms with E-state index in [-0.39, 0.29) is 5.78 Å². The fourth-order valence-corrected chi connectivity index (χ4v) is 2.92. The SMILES string of the molecule is O=C(c1cccc(-c2cccnc2)c1)c1cnn(-c2cccc(Cl)c2)c1. The first-order valence-corrected chi connectivity index (χ1v) is 8.44. The van der Waals surface area contributed by atoms with E-state index in [0.717, 1.165) is 16.8 Å². The summed E-state index contributed by atoms with van der Waals surface area (Å²) in [4.78, 5) is 17.0. The minimum atomic E-state index is -0.0796. The molecule has 0 saturated heterocycles. The summed E-state index contributed by atoms with van der Waals surface area (Å²) in [6.45, 7) is 0. The van der Waals surface area contributed by atoms with Gasteiger partial charge in [0.25, 0.3) is 0 Å². The van der Waals surface area contributed by atoms with Crippen LogP contribution in [0.5, 0.6) is 0 Å². The molecule has 4 rings (SSSR count). The number of hydrogen-bond acceptors (Lipinski definition) is 3. The summed E-state index contributed by atoms with van der Waals surface area (Å²) in [5.74, 6) is -0.0796. The van der Waals surface area contributed by atoms with Crippen LogP contribution in [0.1, 0.15) is 15.9 Å². The van der Waals surface area contributed by atoms with Gasteiger partial charge >= 0.3 is 0 Å². The minimum Gasteiger partial charge on any atom is -0.288 e. The molecule has 0 atom stereocenters. The van der Waals surface area contributed by atoms with Crippen LogP contribution >= 0.6 is 11.6 Å². The van der Waals surface area contributed by atoms with Crippen LogP contribution in [-0.4, -0.2) is 20.5 Å². The van der Waals surface area contributed by atoms with Gasteiger partial charge in [-0.15, -0.1) is 0 Å². The number of ketones is 1. The van der Waals surface area contributed by atoms with Gasteiger partial charge in [0.15, 0.2) is 5.78 Å². The maximum atomic E-state index is 12.8. The van der Waals surface area contributed by atoms with E-state index < -0.39 is 0 Å². The highest BCUT2D eigenvalue weighted by Gasteiger charge is 2.13. The number of benzene rings is 2. The van der Waals surface area contributed by atoms with Crippen molar-refractivity contribution >= 4 is 17.4 Å². The van der Waals surface area contributed by atoms with Gasteiger partial charge < -0.3 is 0 Å². The highest BCUT2D eigenvalue weighted by atomic mass is 35.5. The molecule has 0 N–H and O–H groups in total. The average molecular weight is 360 g/mol. The van der Waals surface area contributed by atoms with E-state index in [2.05, 4.69) is 10.1 Å². The molecule has 26 heavy (non-hydrogen) atoms. The van der Waals surface area contributed by atoms with Crippen molar-refractivity contribution in [2.24, 2.45) is 0 Å². The Labute approximate surface area is 155 Å². The minimum absolute atomic E-state index is 0.0796. The Bertz CT molecular complexity index is 1070. The second kappa shape index (κ2) is 6.94. The molecule has 2 heterocycles. The van der Waals surface area contributed by atoms with Gasteiger partial charge in [-0.25, -0.2) is 4.68 Å². The molecule has 2 aromatic heterocycles. The fourth-order valence-electron chi connectivity index (χ4n) is 2.74. The van der Waals surface area contributed by atoms with E-state index in [9.17, 15) is 4.79 Å². The molecule has 0 spiro atoms. The smallest absolute Gasteiger partial charge is 0.196 e. The Morgan fingerprint density at radius 2 is 1.73 bits per heavy atom. The largest absolute Gasteiger partial charge is 0.288 e. The van der Waals surface area contributed by atoms with E-state index >= 15 is 0 Å². The number of halogens is 1. The molecular formula is C21H14ClN3O. The van der Waals surface area contributed by atoms with Gasteiger partial charge in [-0.05, 0) is 35.9 Å². The van der Waals surface area contributed by atoms with Crippen LogP contribution in [-0.2, 0) is 0 Å². The van der Waals surface area contributed by atoms with Crippen LogP contribution in [0.2, 0.25) is 5.02 Å². The van der Waals surface area contributed by atoms with Crippen LogP contribution in [0, 0.1) is 0 Å². The third-order valence-electron chi connectivity index (χ3n) is 4.04. The van der Waals surface area contributed by atoms with Crippen molar-refractivity contribution in [2.75, 3.05) is 0 Å². The topological polar surface area (TPSA) is 47.8 Å². The van der Waals surface area contributed by atoms with Crippen molar-refractivity contribution in [3.05, 3.63) is 102 Å². The first kappa shape index (κ1) is 16.2. The van der Waals surface area contributed by atoms with Gasteiger partial charge in [-0.3, -0.25) is 9.78 Å². The second-order valence-corrected chi connectivity index (χ2v) is 6.24. The zero-order chi connectivity index (χ0) is 17.9. The predicted octanol–water partition coefficient (Wildman–Crippen LogP) is 4.82. The number of carbonyl (C=O) groups is 1. The maximum absolute atomic E-state index is 12.8. The van der Waals surface area contributed by atoms with Gasteiger partial charge in [-0.2, -0.15) is 5.10 Å². The molecule has 0 radical (unpaired) electrons. The monoisotopic (exact) mass is 359 g/mol. The summed E-state index contributed by atoms with van der Waals surface area (Å²) in [6, 6.07) is 18.7. The average Bonchev–Trinajstić information content (AvgIpc) is 3.18. The molecule has 0 fully saturated rings.